The molecule has 1 aromatic carbocycles. The van der Waals surface area contributed by atoms with Gasteiger partial charge in [0.2, 0.25) is 0 Å². The van der Waals surface area contributed by atoms with Gasteiger partial charge in [-0.2, -0.15) is 5.10 Å². The molecule has 0 spiro atoms. The van der Waals surface area contributed by atoms with Crippen LogP contribution in [-0.4, -0.2) is 25.2 Å². The number of aromatic amines is 1. The van der Waals surface area contributed by atoms with E-state index in [1.807, 2.05) is 16.9 Å². The molecule has 1 atom stereocenters. The van der Waals surface area contributed by atoms with E-state index in [1.165, 1.54) is 37.8 Å². The molecule has 3 fully saturated rings. The van der Waals surface area contributed by atoms with Crippen molar-refractivity contribution in [2.24, 2.45) is 11.8 Å². The lowest BCUT2D eigenvalue weighted by atomic mass is 9.64. The Morgan fingerprint density at radius 1 is 1.14 bits per heavy atom. The van der Waals surface area contributed by atoms with Crippen LogP contribution in [-0.2, 0) is 0 Å². The zero-order valence-electron chi connectivity index (χ0n) is 12.4. The van der Waals surface area contributed by atoms with Crippen molar-refractivity contribution >= 4 is 10.9 Å². The van der Waals surface area contributed by atoms with E-state index < -0.39 is 0 Å². The van der Waals surface area contributed by atoms with Crippen LogP contribution in [0.2, 0.25) is 0 Å². The molecule has 2 heterocycles. The van der Waals surface area contributed by atoms with Gasteiger partial charge in [-0.3, -0.25) is 5.10 Å². The highest BCUT2D eigenvalue weighted by Gasteiger charge is 2.37. The number of H-pyrrole nitrogens is 1. The summed E-state index contributed by atoms with van der Waals surface area (Å²) >= 11 is 0. The molecule has 112 valence electrons. The second-order valence-electron chi connectivity index (χ2n) is 6.85. The molecule has 0 saturated heterocycles. The fourth-order valence-electron chi connectivity index (χ4n) is 4.39. The molecule has 3 aliphatic carbocycles. The van der Waals surface area contributed by atoms with E-state index >= 15 is 0 Å². The Bertz CT molecular complexity index is 809. The Labute approximate surface area is 128 Å². The first-order chi connectivity index (χ1) is 10.9. The SMILES string of the molecule is c1cc2[nH]ncc2cc1-n1cc(C2CC3CCC2CC3)nn1. The van der Waals surface area contributed by atoms with Crippen molar-refractivity contribution in [2.75, 3.05) is 0 Å². The van der Waals surface area contributed by atoms with Crippen molar-refractivity contribution < 1.29 is 0 Å². The minimum absolute atomic E-state index is 0.624. The highest BCUT2D eigenvalue weighted by atomic mass is 15.4. The highest BCUT2D eigenvalue weighted by Crippen LogP contribution is 2.49. The van der Waals surface area contributed by atoms with Crippen LogP contribution in [0.4, 0.5) is 0 Å². The van der Waals surface area contributed by atoms with Crippen molar-refractivity contribution in [3.63, 3.8) is 0 Å². The molecule has 22 heavy (non-hydrogen) atoms. The smallest absolute Gasteiger partial charge is 0.0865 e. The maximum Gasteiger partial charge on any atom is 0.0865 e. The summed E-state index contributed by atoms with van der Waals surface area (Å²) in [6.45, 7) is 0. The predicted molar refractivity (Wildman–Crippen MR) is 83.8 cm³/mol. The topological polar surface area (TPSA) is 59.4 Å². The number of hydrogen-bond acceptors (Lipinski definition) is 3. The zero-order valence-corrected chi connectivity index (χ0v) is 12.4. The fraction of sp³-hybridized carbons (Fsp3) is 0.471. The van der Waals surface area contributed by atoms with Gasteiger partial charge in [0, 0.05) is 11.3 Å². The number of benzene rings is 1. The van der Waals surface area contributed by atoms with Crippen LogP contribution in [0.15, 0.2) is 30.6 Å². The first-order valence-corrected chi connectivity index (χ1v) is 8.22. The third-order valence-electron chi connectivity index (χ3n) is 5.63. The third kappa shape index (κ3) is 1.88. The molecule has 0 aliphatic heterocycles. The first kappa shape index (κ1) is 12.4. The molecule has 2 bridgehead atoms. The van der Waals surface area contributed by atoms with E-state index in [2.05, 4.69) is 38.8 Å². The Balaban J connectivity index is 1.48. The summed E-state index contributed by atoms with van der Waals surface area (Å²) in [4.78, 5) is 0. The van der Waals surface area contributed by atoms with Crippen LogP contribution >= 0.6 is 0 Å². The summed E-state index contributed by atoms with van der Waals surface area (Å²) in [6.07, 6.45) is 10.9. The molecule has 5 nitrogen and oxygen atoms in total. The van der Waals surface area contributed by atoms with Gasteiger partial charge in [0.1, 0.15) is 0 Å². The maximum absolute atomic E-state index is 4.49. The van der Waals surface area contributed by atoms with Crippen molar-refractivity contribution in [2.45, 2.75) is 38.0 Å². The minimum atomic E-state index is 0.624. The Morgan fingerprint density at radius 3 is 2.86 bits per heavy atom. The van der Waals surface area contributed by atoms with Gasteiger partial charge in [-0.25, -0.2) is 4.68 Å². The highest BCUT2D eigenvalue weighted by molar-refractivity contribution is 5.80. The molecule has 0 radical (unpaired) electrons. The number of aromatic nitrogens is 5. The molecule has 0 amide bonds. The van der Waals surface area contributed by atoms with E-state index in [0.717, 1.165) is 28.4 Å². The number of rotatable bonds is 2. The second-order valence-corrected chi connectivity index (χ2v) is 6.85. The van der Waals surface area contributed by atoms with Gasteiger partial charge in [-0.05, 0) is 49.3 Å². The molecule has 3 aromatic rings. The molecule has 5 heteroatoms. The summed E-state index contributed by atoms with van der Waals surface area (Å²) in [5.41, 5.74) is 3.28. The number of fused-ring (bicyclic) bond motifs is 4. The lowest BCUT2D eigenvalue weighted by Crippen LogP contribution is -2.29. The third-order valence-corrected chi connectivity index (χ3v) is 5.63. The van der Waals surface area contributed by atoms with Crippen LogP contribution in [0.3, 0.4) is 0 Å². The lowest BCUT2D eigenvalue weighted by Gasteiger charge is -2.41. The molecule has 1 N–H and O–H groups in total. The van der Waals surface area contributed by atoms with Crippen molar-refractivity contribution in [1.29, 1.82) is 0 Å². The van der Waals surface area contributed by atoms with Crippen molar-refractivity contribution in [1.82, 2.24) is 25.2 Å². The van der Waals surface area contributed by atoms with E-state index in [4.69, 9.17) is 0 Å². The maximum atomic E-state index is 4.49. The summed E-state index contributed by atoms with van der Waals surface area (Å²) in [6, 6.07) is 6.21. The monoisotopic (exact) mass is 293 g/mol. The van der Waals surface area contributed by atoms with Crippen LogP contribution in [0, 0.1) is 11.8 Å². The normalized spacial score (nSPS) is 27.5. The molecular formula is C17H19N5. The first-order valence-electron chi connectivity index (χ1n) is 8.22. The molecule has 3 saturated carbocycles. The van der Waals surface area contributed by atoms with Crippen molar-refractivity contribution in [3.8, 4) is 5.69 Å². The van der Waals surface area contributed by atoms with Gasteiger partial charge in [-0.15, -0.1) is 5.10 Å². The lowest BCUT2D eigenvalue weighted by molar-refractivity contribution is 0.142. The summed E-state index contributed by atoms with van der Waals surface area (Å²) in [5.74, 6) is 2.37. The van der Waals surface area contributed by atoms with Gasteiger partial charge >= 0.3 is 0 Å². The van der Waals surface area contributed by atoms with Gasteiger partial charge in [0.05, 0.1) is 29.3 Å². The van der Waals surface area contributed by atoms with Crippen molar-refractivity contribution in [3.05, 3.63) is 36.3 Å². The number of nitrogens with one attached hydrogen (secondary N) is 1. The Hall–Kier alpha value is -2.17. The van der Waals surface area contributed by atoms with Gasteiger partial charge in [0.25, 0.3) is 0 Å². The molecule has 2 aromatic heterocycles. The largest absolute Gasteiger partial charge is 0.278 e. The fourth-order valence-corrected chi connectivity index (χ4v) is 4.39. The summed E-state index contributed by atoms with van der Waals surface area (Å²) in [5, 5.41) is 17.0. The average Bonchev–Trinajstić information content (AvgIpc) is 3.24. The predicted octanol–water partition coefficient (Wildman–Crippen LogP) is 3.44. The van der Waals surface area contributed by atoms with Crippen LogP contribution < -0.4 is 0 Å². The van der Waals surface area contributed by atoms with E-state index in [1.54, 1.807) is 0 Å². The molecule has 3 aliphatic rings. The Kier molecular flexibility index (Phi) is 2.62. The van der Waals surface area contributed by atoms with E-state index in [9.17, 15) is 0 Å². The summed E-state index contributed by atoms with van der Waals surface area (Å²) in [7, 11) is 0. The minimum Gasteiger partial charge on any atom is -0.278 e. The average molecular weight is 293 g/mol. The second kappa shape index (κ2) is 4.66. The number of hydrogen-bond donors (Lipinski definition) is 1. The van der Waals surface area contributed by atoms with Crippen LogP contribution in [0.1, 0.15) is 43.7 Å². The molecule has 1 unspecified atom stereocenters. The van der Waals surface area contributed by atoms with E-state index in [-0.39, 0.29) is 0 Å². The molecule has 6 rings (SSSR count). The van der Waals surface area contributed by atoms with E-state index in [0.29, 0.717) is 5.92 Å². The van der Waals surface area contributed by atoms with Gasteiger partial charge in [-0.1, -0.05) is 18.1 Å². The van der Waals surface area contributed by atoms with Crippen LogP contribution in [0.25, 0.3) is 16.6 Å². The zero-order chi connectivity index (χ0) is 14.5. The standard InChI is InChI=1S/C17H19N5/c1-3-12-4-2-11(1)7-15(12)17-10-22(21-20-17)14-5-6-16-13(8-14)9-18-19-16/h5-6,8-12,15H,1-4,7H2,(H,18,19). The number of nitrogens with zero attached hydrogens (tertiary/aromatic N) is 4. The summed E-state index contributed by atoms with van der Waals surface area (Å²) < 4.78 is 1.91. The molecular weight excluding hydrogens is 274 g/mol. The van der Waals surface area contributed by atoms with Gasteiger partial charge in [0.15, 0.2) is 0 Å². The van der Waals surface area contributed by atoms with Crippen LogP contribution in [0.5, 0.6) is 0 Å². The Morgan fingerprint density at radius 2 is 2.05 bits per heavy atom. The quantitative estimate of drug-likeness (QED) is 0.787. The van der Waals surface area contributed by atoms with Gasteiger partial charge < -0.3 is 0 Å².